The van der Waals surface area contributed by atoms with Crippen LogP contribution in [0.3, 0.4) is 0 Å². The predicted molar refractivity (Wildman–Crippen MR) is 53.1 cm³/mol. The van der Waals surface area contributed by atoms with Gasteiger partial charge >= 0.3 is 0 Å². The zero-order chi connectivity index (χ0) is 10.0. The Labute approximate surface area is 80.1 Å². The fourth-order valence-corrected chi connectivity index (χ4v) is 1.31. The molecule has 1 saturated carbocycles. The third kappa shape index (κ3) is 2.69. The van der Waals surface area contributed by atoms with Gasteiger partial charge in [-0.15, -0.1) is 0 Å². The molecule has 0 radical (unpaired) electrons. The molecule has 0 aromatic carbocycles. The van der Waals surface area contributed by atoms with Gasteiger partial charge in [-0.1, -0.05) is 27.2 Å². The summed E-state index contributed by atoms with van der Waals surface area (Å²) < 4.78 is 0. The number of rotatable bonds is 4. The third-order valence-corrected chi connectivity index (χ3v) is 3.00. The molecule has 0 spiro atoms. The van der Waals surface area contributed by atoms with Crippen LogP contribution in [0.25, 0.3) is 0 Å². The van der Waals surface area contributed by atoms with Crippen LogP contribution in [0.5, 0.6) is 0 Å². The average molecular weight is 184 g/mol. The van der Waals surface area contributed by atoms with Crippen molar-refractivity contribution in [2.75, 3.05) is 0 Å². The van der Waals surface area contributed by atoms with Crippen molar-refractivity contribution < 1.29 is 4.79 Å². The molecule has 4 unspecified atom stereocenters. The molecule has 76 valence electrons. The maximum Gasteiger partial charge on any atom is 0.237 e. The van der Waals surface area contributed by atoms with E-state index in [2.05, 4.69) is 19.2 Å². The maximum atomic E-state index is 11.5. The van der Waals surface area contributed by atoms with Gasteiger partial charge in [0.1, 0.15) is 0 Å². The molecular weight excluding hydrogens is 164 g/mol. The first-order valence-corrected chi connectivity index (χ1v) is 5.12. The second kappa shape index (κ2) is 4.09. The molecule has 0 aliphatic heterocycles. The van der Waals surface area contributed by atoms with Gasteiger partial charge in [0.2, 0.25) is 5.91 Å². The number of hydrogen-bond acceptors (Lipinski definition) is 2. The molecule has 1 rings (SSSR count). The van der Waals surface area contributed by atoms with Crippen molar-refractivity contribution in [2.45, 2.75) is 45.7 Å². The lowest BCUT2D eigenvalue weighted by atomic mass is 9.99. The minimum absolute atomic E-state index is 0.0173. The van der Waals surface area contributed by atoms with Crippen LogP contribution in [0.15, 0.2) is 0 Å². The standard InChI is InChI=1S/C10H20N2O/c1-4-6(2)9(11)10(13)12-8-5-7(8)3/h6-9H,4-5,11H2,1-3H3,(H,12,13). The Bertz CT molecular complexity index is 193. The summed E-state index contributed by atoms with van der Waals surface area (Å²) in [5, 5.41) is 2.95. The van der Waals surface area contributed by atoms with Crippen LogP contribution in [0.1, 0.15) is 33.6 Å². The topological polar surface area (TPSA) is 55.1 Å². The zero-order valence-electron chi connectivity index (χ0n) is 8.71. The molecule has 1 amide bonds. The first-order valence-electron chi connectivity index (χ1n) is 5.12. The molecule has 1 fully saturated rings. The molecule has 0 aromatic rings. The Morgan fingerprint density at radius 3 is 2.62 bits per heavy atom. The average Bonchev–Trinajstić information content (AvgIpc) is 2.79. The minimum atomic E-state index is -0.335. The summed E-state index contributed by atoms with van der Waals surface area (Å²) in [5.41, 5.74) is 5.78. The Hall–Kier alpha value is -0.570. The molecule has 0 bridgehead atoms. The predicted octanol–water partition coefficient (Wildman–Crippen LogP) is 0.884. The van der Waals surface area contributed by atoms with E-state index < -0.39 is 0 Å². The highest BCUT2D eigenvalue weighted by atomic mass is 16.2. The van der Waals surface area contributed by atoms with Gasteiger partial charge < -0.3 is 11.1 Å². The number of carbonyl (C=O) groups is 1. The van der Waals surface area contributed by atoms with Crippen LogP contribution in [0.2, 0.25) is 0 Å². The minimum Gasteiger partial charge on any atom is -0.352 e. The summed E-state index contributed by atoms with van der Waals surface area (Å²) in [7, 11) is 0. The highest BCUT2D eigenvalue weighted by Crippen LogP contribution is 2.29. The fraction of sp³-hybridized carbons (Fsp3) is 0.900. The molecule has 0 heterocycles. The summed E-state index contributed by atoms with van der Waals surface area (Å²) in [6.45, 7) is 6.21. The van der Waals surface area contributed by atoms with Crippen LogP contribution in [-0.4, -0.2) is 18.0 Å². The Morgan fingerprint density at radius 1 is 1.69 bits per heavy atom. The highest BCUT2D eigenvalue weighted by Gasteiger charge is 2.35. The quantitative estimate of drug-likeness (QED) is 0.681. The molecule has 3 heteroatoms. The maximum absolute atomic E-state index is 11.5. The highest BCUT2D eigenvalue weighted by molar-refractivity contribution is 5.82. The van der Waals surface area contributed by atoms with Gasteiger partial charge in [0.25, 0.3) is 0 Å². The molecule has 0 saturated heterocycles. The third-order valence-electron chi connectivity index (χ3n) is 3.00. The molecule has 3 N–H and O–H groups in total. The van der Waals surface area contributed by atoms with Crippen molar-refractivity contribution in [1.82, 2.24) is 5.32 Å². The summed E-state index contributed by atoms with van der Waals surface area (Å²) in [4.78, 5) is 11.5. The van der Waals surface area contributed by atoms with Crippen LogP contribution >= 0.6 is 0 Å². The first kappa shape index (κ1) is 10.5. The van der Waals surface area contributed by atoms with E-state index in [1.807, 2.05) is 6.92 Å². The zero-order valence-corrected chi connectivity index (χ0v) is 8.71. The van der Waals surface area contributed by atoms with E-state index in [0.717, 1.165) is 12.8 Å². The molecule has 4 atom stereocenters. The lowest BCUT2D eigenvalue weighted by Crippen LogP contribution is -2.45. The van der Waals surface area contributed by atoms with Crippen molar-refractivity contribution >= 4 is 5.91 Å². The molecule has 0 aromatic heterocycles. The van der Waals surface area contributed by atoms with E-state index in [9.17, 15) is 4.79 Å². The summed E-state index contributed by atoms with van der Waals surface area (Å²) in [6, 6.07) is 0.0559. The second-order valence-corrected chi connectivity index (χ2v) is 4.24. The number of nitrogens with one attached hydrogen (secondary N) is 1. The largest absolute Gasteiger partial charge is 0.352 e. The van der Waals surface area contributed by atoms with E-state index in [0.29, 0.717) is 12.0 Å². The van der Waals surface area contributed by atoms with Crippen LogP contribution in [0.4, 0.5) is 0 Å². The van der Waals surface area contributed by atoms with Crippen LogP contribution < -0.4 is 11.1 Å². The van der Waals surface area contributed by atoms with Gasteiger partial charge in [0.05, 0.1) is 6.04 Å². The molecule has 1 aliphatic rings. The SMILES string of the molecule is CCC(C)C(N)C(=O)NC1CC1C. The first-order chi connectivity index (χ1) is 6.06. The Balaban J connectivity index is 2.29. The van der Waals surface area contributed by atoms with Crippen molar-refractivity contribution in [3.05, 3.63) is 0 Å². The lowest BCUT2D eigenvalue weighted by molar-refractivity contribution is -0.123. The second-order valence-electron chi connectivity index (χ2n) is 4.24. The molecular formula is C10H20N2O. The van der Waals surface area contributed by atoms with Crippen molar-refractivity contribution in [1.29, 1.82) is 0 Å². The van der Waals surface area contributed by atoms with Gasteiger partial charge in [0, 0.05) is 6.04 Å². The smallest absolute Gasteiger partial charge is 0.237 e. The van der Waals surface area contributed by atoms with E-state index in [1.54, 1.807) is 0 Å². The molecule has 13 heavy (non-hydrogen) atoms. The van der Waals surface area contributed by atoms with Gasteiger partial charge in [-0.2, -0.15) is 0 Å². The summed E-state index contributed by atoms with van der Waals surface area (Å²) >= 11 is 0. The number of hydrogen-bond donors (Lipinski definition) is 2. The van der Waals surface area contributed by atoms with Crippen molar-refractivity contribution in [2.24, 2.45) is 17.6 Å². The fourth-order valence-electron chi connectivity index (χ4n) is 1.31. The van der Waals surface area contributed by atoms with Crippen molar-refractivity contribution in [3.8, 4) is 0 Å². The number of carbonyl (C=O) groups excluding carboxylic acids is 1. The Kier molecular flexibility index (Phi) is 3.31. The Morgan fingerprint density at radius 2 is 2.23 bits per heavy atom. The van der Waals surface area contributed by atoms with E-state index in [1.165, 1.54) is 0 Å². The van der Waals surface area contributed by atoms with E-state index in [-0.39, 0.29) is 17.9 Å². The van der Waals surface area contributed by atoms with Gasteiger partial charge in [-0.05, 0) is 18.3 Å². The van der Waals surface area contributed by atoms with Crippen molar-refractivity contribution in [3.63, 3.8) is 0 Å². The van der Waals surface area contributed by atoms with Crippen LogP contribution in [0, 0.1) is 11.8 Å². The van der Waals surface area contributed by atoms with Gasteiger partial charge in [0.15, 0.2) is 0 Å². The van der Waals surface area contributed by atoms with Gasteiger partial charge in [-0.3, -0.25) is 4.79 Å². The van der Waals surface area contributed by atoms with Crippen LogP contribution in [-0.2, 0) is 4.79 Å². The normalized spacial score (nSPS) is 30.8. The number of nitrogens with two attached hydrogens (primary N) is 1. The molecule has 3 nitrogen and oxygen atoms in total. The molecule has 1 aliphatic carbocycles. The number of amides is 1. The van der Waals surface area contributed by atoms with E-state index >= 15 is 0 Å². The van der Waals surface area contributed by atoms with Gasteiger partial charge in [-0.25, -0.2) is 0 Å². The lowest BCUT2D eigenvalue weighted by Gasteiger charge is -2.17. The van der Waals surface area contributed by atoms with E-state index in [4.69, 9.17) is 5.73 Å². The monoisotopic (exact) mass is 184 g/mol. The summed E-state index contributed by atoms with van der Waals surface area (Å²) in [5.74, 6) is 0.936. The summed E-state index contributed by atoms with van der Waals surface area (Å²) in [6.07, 6.45) is 2.06.